The zero-order valence-corrected chi connectivity index (χ0v) is 11.1. The third-order valence-corrected chi connectivity index (χ3v) is 2.36. The summed E-state index contributed by atoms with van der Waals surface area (Å²) in [4.78, 5) is 0. The van der Waals surface area contributed by atoms with E-state index in [2.05, 4.69) is 43.4 Å². The molecule has 0 fully saturated rings. The number of hydrogen-bond acceptors (Lipinski definition) is 3. The molecule has 9 heteroatoms. The molecular formula is C9H7BrF3N3OS. The average Bonchev–Trinajstić information content (AvgIpc) is 2.18. The highest BCUT2D eigenvalue weighted by molar-refractivity contribution is 9.10. The highest BCUT2D eigenvalue weighted by atomic mass is 79.9. The van der Waals surface area contributed by atoms with Crippen molar-refractivity contribution in [2.24, 2.45) is 10.8 Å². The van der Waals surface area contributed by atoms with Crippen molar-refractivity contribution < 1.29 is 17.9 Å². The van der Waals surface area contributed by atoms with E-state index in [-0.39, 0.29) is 10.9 Å². The van der Waals surface area contributed by atoms with E-state index in [9.17, 15) is 13.2 Å². The highest BCUT2D eigenvalue weighted by Gasteiger charge is 2.31. The van der Waals surface area contributed by atoms with Gasteiger partial charge in [-0.3, -0.25) is 5.43 Å². The van der Waals surface area contributed by atoms with E-state index in [1.165, 1.54) is 24.4 Å². The van der Waals surface area contributed by atoms with Crippen LogP contribution in [0.4, 0.5) is 13.2 Å². The maximum Gasteiger partial charge on any atom is 0.573 e. The Labute approximate surface area is 114 Å². The minimum atomic E-state index is -4.72. The molecule has 0 saturated carbocycles. The Morgan fingerprint density at radius 2 is 2.17 bits per heavy atom. The van der Waals surface area contributed by atoms with E-state index in [0.29, 0.717) is 10.0 Å². The molecular weight excluding hydrogens is 335 g/mol. The van der Waals surface area contributed by atoms with Crippen LogP contribution in [0.3, 0.4) is 0 Å². The molecule has 0 aliphatic heterocycles. The summed E-state index contributed by atoms with van der Waals surface area (Å²) in [5.41, 5.74) is 7.99. The van der Waals surface area contributed by atoms with Crippen molar-refractivity contribution >= 4 is 39.5 Å². The molecule has 98 valence electrons. The van der Waals surface area contributed by atoms with Gasteiger partial charge in [0.05, 0.1) is 6.21 Å². The first kappa shape index (κ1) is 14.7. The summed E-state index contributed by atoms with van der Waals surface area (Å²) in [5, 5.41) is 3.66. The van der Waals surface area contributed by atoms with Crippen molar-refractivity contribution in [2.45, 2.75) is 6.36 Å². The molecule has 1 rings (SSSR count). The van der Waals surface area contributed by atoms with Crippen LogP contribution in [-0.4, -0.2) is 17.7 Å². The molecule has 0 saturated heterocycles. The third-order valence-electron chi connectivity index (χ3n) is 1.58. The van der Waals surface area contributed by atoms with Gasteiger partial charge in [-0.05, 0) is 46.3 Å². The predicted molar refractivity (Wildman–Crippen MR) is 68.3 cm³/mol. The van der Waals surface area contributed by atoms with E-state index >= 15 is 0 Å². The normalized spacial score (nSPS) is 11.6. The SMILES string of the molecule is NC(=S)NN=Cc1ccc(OC(F)(F)F)cc1Br. The van der Waals surface area contributed by atoms with Gasteiger partial charge in [-0.25, -0.2) is 0 Å². The number of thiocarbonyl (C=S) groups is 1. The van der Waals surface area contributed by atoms with E-state index in [0.717, 1.165) is 0 Å². The van der Waals surface area contributed by atoms with E-state index in [1.54, 1.807) is 0 Å². The average molecular weight is 342 g/mol. The fourth-order valence-corrected chi connectivity index (χ4v) is 1.49. The van der Waals surface area contributed by atoms with Crippen molar-refractivity contribution in [2.75, 3.05) is 0 Å². The molecule has 0 amide bonds. The van der Waals surface area contributed by atoms with Gasteiger partial charge >= 0.3 is 6.36 Å². The Morgan fingerprint density at radius 3 is 2.67 bits per heavy atom. The van der Waals surface area contributed by atoms with E-state index in [4.69, 9.17) is 5.73 Å². The summed E-state index contributed by atoms with van der Waals surface area (Å²) in [6, 6.07) is 3.74. The van der Waals surface area contributed by atoms with Gasteiger partial charge in [-0.2, -0.15) is 5.10 Å². The summed E-state index contributed by atoms with van der Waals surface area (Å²) in [7, 11) is 0. The molecule has 0 aliphatic rings. The Kier molecular flexibility index (Phi) is 4.91. The number of nitrogens with two attached hydrogens (primary N) is 1. The number of benzene rings is 1. The molecule has 1 aromatic rings. The number of ether oxygens (including phenoxy) is 1. The lowest BCUT2D eigenvalue weighted by Crippen LogP contribution is -2.24. The molecule has 0 spiro atoms. The maximum absolute atomic E-state index is 12.0. The number of nitrogens with one attached hydrogen (secondary N) is 1. The lowest BCUT2D eigenvalue weighted by Gasteiger charge is -2.09. The smallest absolute Gasteiger partial charge is 0.406 e. The first-order chi connectivity index (χ1) is 8.28. The zero-order chi connectivity index (χ0) is 13.8. The monoisotopic (exact) mass is 341 g/mol. The van der Waals surface area contributed by atoms with Gasteiger partial charge in [-0.15, -0.1) is 13.2 Å². The minimum Gasteiger partial charge on any atom is -0.406 e. The largest absolute Gasteiger partial charge is 0.573 e. The number of nitrogens with zero attached hydrogens (tertiary/aromatic N) is 1. The first-order valence-electron chi connectivity index (χ1n) is 4.42. The number of alkyl halides is 3. The van der Waals surface area contributed by atoms with Gasteiger partial charge in [0.2, 0.25) is 0 Å². The molecule has 0 heterocycles. The third kappa shape index (κ3) is 5.32. The van der Waals surface area contributed by atoms with Crippen LogP contribution in [0.1, 0.15) is 5.56 Å². The minimum absolute atomic E-state index is 0.0144. The molecule has 18 heavy (non-hydrogen) atoms. The number of rotatable bonds is 3. The topological polar surface area (TPSA) is 59.6 Å². The Bertz CT molecular complexity index is 479. The van der Waals surface area contributed by atoms with Crippen LogP contribution >= 0.6 is 28.1 Å². The molecule has 0 aromatic heterocycles. The number of hydrazone groups is 1. The number of hydrogen-bond donors (Lipinski definition) is 2. The Balaban J connectivity index is 2.80. The van der Waals surface area contributed by atoms with Crippen LogP contribution in [0.5, 0.6) is 5.75 Å². The molecule has 0 unspecified atom stereocenters. The standard InChI is InChI=1S/C9H7BrF3N3OS/c10-7-3-6(17-9(11,12)13)2-1-5(7)4-15-16-8(14)18/h1-4H,(H3,14,16,18). The van der Waals surface area contributed by atoms with Crippen molar-refractivity contribution in [1.29, 1.82) is 0 Å². The molecule has 1 aromatic carbocycles. The first-order valence-corrected chi connectivity index (χ1v) is 5.62. The maximum atomic E-state index is 12.0. The van der Waals surface area contributed by atoms with Crippen molar-refractivity contribution in [3.8, 4) is 5.75 Å². The summed E-state index contributed by atoms with van der Waals surface area (Å²) >= 11 is 7.61. The highest BCUT2D eigenvalue weighted by Crippen LogP contribution is 2.27. The molecule has 0 atom stereocenters. The van der Waals surface area contributed by atoms with Crippen LogP contribution in [0.15, 0.2) is 27.8 Å². The molecule has 0 radical (unpaired) electrons. The molecule has 3 N–H and O–H groups in total. The fourth-order valence-electron chi connectivity index (χ4n) is 0.975. The second kappa shape index (κ2) is 6.01. The summed E-state index contributed by atoms with van der Waals surface area (Å²) < 4.78 is 40.0. The van der Waals surface area contributed by atoms with Gasteiger partial charge in [0, 0.05) is 10.0 Å². The molecule has 0 aliphatic carbocycles. The zero-order valence-electron chi connectivity index (χ0n) is 8.66. The lowest BCUT2D eigenvalue weighted by molar-refractivity contribution is -0.274. The second-order valence-corrected chi connectivity index (χ2v) is 4.26. The van der Waals surface area contributed by atoms with E-state index in [1.807, 2.05) is 0 Å². The van der Waals surface area contributed by atoms with Gasteiger partial charge in [-0.1, -0.05) is 0 Å². The predicted octanol–water partition coefficient (Wildman–Crippen LogP) is 2.51. The van der Waals surface area contributed by atoms with Gasteiger partial charge in [0.15, 0.2) is 5.11 Å². The lowest BCUT2D eigenvalue weighted by atomic mass is 10.2. The van der Waals surface area contributed by atoms with Gasteiger partial charge in [0.1, 0.15) is 5.75 Å². The van der Waals surface area contributed by atoms with Crippen molar-refractivity contribution in [3.05, 3.63) is 28.2 Å². The quantitative estimate of drug-likeness (QED) is 0.504. The van der Waals surface area contributed by atoms with Gasteiger partial charge in [0.25, 0.3) is 0 Å². The van der Waals surface area contributed by atoms with E-state index < -0.39 is 6.36 Å². The second-order valence-electron chi connectivity index (χ2n) is 2.97. The summed E-state index contributed by atoms with van der Waals surface area (Å²) in [6.07, 6.45) is -3.37. The van der Waals surface area contributed by atoms with Crippen LogP contribution in [0, 0.1) is 0 Å². The molecule has 0 bridgehead atoms. The molecule has 4 nitrogen and oxygen atoms in total. The van der Waals surface area contributed by atoms with Crippen LogP contribution in [0.2, 0.25) is 0 Å². The summed E-state index contributed by atoms with van der Waals surface area (Å²) in [5.74, 6) is -0.325. The fraction of sp³-hybridized carbons (Fsp3) is 0.111. The summed E-state index contributed by atoms with van der Waals surface area (Å²) in [6.45, 7) is 0. The van der Waals surface area contributed by atoms with Crippen LogP contribution in [-0.2, 0) is 0 Å². The Morgan fingerprint density at radius 1 is 1.50 bits per heavy atom. The van der Waals surface area contributed by atoms with Crippen LogP contribution in [0.25, 0.3) is 0 Å². The number of halogens is 4. The van der Waals surface area contributed by atoms with Crippen LogP contribution < -0.4 is 15.9 Å². The Hall–Kier alpha value is -1.35. The van der Waals surface area contributed by atoms with Crippen molar-refractivity contribution in [1.82, 2.24) is 5.43 Å². The van der Waals surface area contributed by atoms with Crippen molar-refractivity contribution in [3.63, 3.8) is 0 Å². The van der Waals surface area contributed by atoms with Gasteiger partial charge < -0.3 is 10.5 Å².